The van der Waals surface area contributed by atoms with Crippen LogP contribution in [-0.2, 0) is 41.6 Å². The van der Waals surface area contributed by atoms with Gasteiger partial charge in [-0.15, -0.1) is 11.3 Å². The molecule has 1 aliphatic carbocycles. The second kappa shape index (κ2) is 7.67. The Morgan fingerprint density at radius 1 is 1.26 bits per heavy atom. The second-order valence-corrected chi connectivity index (χ2v) is 7.18. The predicted octanol–water partition coefficient (Wildman–Crippen LogP) is 2.29. The van der Waals surface area contributed by atoms with Gasteiger partial charge in [0, 0.05) is 16.6 Å². The van der Waals surface area contributed by atoms with Crippen LogP contribution in [0.5, 0.6) is 0 Å². The van der Waals surface area contributed by atoms with Crippen LogP contribution in [0.3, 0.4) is 0 Å². The fraction of sp³-hybridized carbons (Fsp3) is 0.500. The third-order valence-corrected chi connectivity index (χ3v) is 5.03. The van der Waals surface area contributed by atoms with Gasteiger partial charge in [0.2, 0.25) is 11.8 Å². The zero-order chi connectivity index (χ0) is 19.6. The smallest absolute Gasteiger partial charge is 0.369 e. The van der Waals surface area contributed by atoms with Gasteiger partial charge >= 0.3 is 6.18 Å². The fourth-order valence-electron chi connectivity index (χ4n) is 3.12. The average molecular weight is 401 g/mol. The predicted molar refractivity (Wildman–Crippen MR) is 92.1 cm³/mol. The summed E-state index contributed by atoms with van der Waals surface area (Å²) in [7, 11) is 0. The summed E-state index contributed by atoms with van der Waals surface area (Å²) in [6.07, 6.45) is -1.53. The van der Waals surface area contributed by atoms with Crippen LogP contribution < -0.4 is 11.1 Å². The number of thiazole rings is 1. The number of halogens is 3. The van der Waals surface area contributed by atoms with Crippen molar-refractivity contribution in [3.05, 3.63) is 28.0 Å². The van der Waals surface area contributed by atoms with E-state index >= 15 is 0 Å². The van der Waals surface area contributed by atoms with Gasteiger partial charge < -0.3 is 11.1 Å². The number of anilines is 1. The lowest BCUT2D eigenvalue weighted by Crippen LogP contribution is -2.21. The Balaban J connectivity index is 1.76. The van der Waals surface area contributed by atoms with Gasteiger partial charge in [0.15, 0.2) is 10.8 Å². The summed E-state index contributed by atoms with van der Waals surface area (Å²) in [5, 5.41) is 8.05. The average Bonchev–Trinajstić information content (AvgIpc) is 3.02. The molecule has 0 radical (unpaired) electrons. The van der Waals surface area contributed by atoms with Crippen LogP contribution in [0.25, 0.3) is 0 Å². The number of fused-ring (bicyclic) bond motifs is 1. The van der Waals surface area contributed by atoms with E-state index in [0.29, 0.717) is 30.7 Å². The van der Waals surface area contributed by atoms with Crippen molar-refractivity contribution in [2.45, 2.75) is 51.2 Å². The number of nitrogens with one attached hydrogen (secondary N) is 1. The molecular formula is C16H18F3N5O2S. The van der Waals surface area contributed by atoms with Crippen LogP contribution in [0.15, 0.2) is 5.38 Å². The molecule has 0 aromatic carbocycles. The molecular weight excluding hydrogens is 383 g/mol. The number of carbonyl (C=O) groups excluding carboxylic acids is 2. The lowest BCUT2D eigenvalue weighted by atomic mass is 10.1. The minimum absolute atomic E-state index is 0.0476. The summed E-state index contributed by atoms with van der Waals surface area (Å²) in [6.45, 7) is -0.330. The number of aromatic nitrogens is 3. The highest BCUT2D eigenvalue weighted by atomic mass is 32.1. The topological polar surface area (TPSA) is 103 Å². The van der Waals surface area contributed by atoms with Crippen molar-refractivity contribution >= 4 is 28.3 Å². The quantitative estimate of drug-likeness (QED) is 0.751. The zero-order valence-corrected chi connectivity index (χ0v) is 15.1. The molecule has 0 aliphatic heterocycles. The van der Waals surface area contributed by atoms with Gasteiger partial charge in [-0.2, -0.15) is 18.3 Å². The Hall–Kier alpha value is -2.43. The first-order chi connectivity index (χ1) is 12.7. The number of primary amides is 1. The van der Waals surface area contributed by atoms with E-state index in [9.17, 15) is 22.8 Å². The molecule has 0 atom stereocenters. The van der Waals surface area contributed by atoms with Crippen LogP contribution in [-0.4, -0.2) is 26.6 Å². The summed E-state index contributed by atoms with van der Waals surface area (Å²) in [6, 6.07) is 0. The number of hydrogen-bond donors (Lipinski definition) is 2. The lowest BCUT2D eigenvalue weighted by molar-refractivity contribution is -0.142. The van der Waals surface area contributed by atoms with Crippen LogP contribution in [0.4, 0.5) is 18.3 Å². The van der Waals surface area contributed by atoms with E-state index < -0.39 is 23.7 Å². The molecule has 0 saturated heterocycles. The maximum Gasteiger partial charge on any atom is 0.435 e. The van der Waals surface area contributed by atoms with Gasteiger partial charge in [-0.05, 0) is 25.7 Å². The van der Waals surface area contributed by atoms with Crippen LogP contribution in [0, 0.1) is 0 Å². The Morgan fingerprint density at radius 2 is 2.00 bits per heavy atom. The van der Waals surface area contributed by atoms with E-state index in [0.717, 1.165) is 28.9 Å². The fourth-order valence-corrected chi connectivity index (χ4v) is 3.85. The van der Waals surface area contributed by atoms with E-state index in [1.165, 1.54) is 0 Å². The summed E-state index contributed by atoms with van der Waals surface area (Å²) >= 11 is 1.11. The normalized spacial score (nSPS) is 14.5. The number of nitrogens with zero attached hydrogens (tertiary/aromatic N) is 3. The van der Waals surface area contributed by atoms with Crippen molar-refractivity contribution in [3.63, 3.8) is 0 Å². The standard InChI is InChI=1S/C16H18F3N5O2S/c17-16(18,19)14-10-4-2-1-3-5-11(10)24(23-14)7-13(26)22-15-21-9(8-27-15)6-12(20)25/h8H,1-7H2,(H2,20,25)(H,21,22,26). The van der Waals surface area contributed by atoms with Crippen molar-refractivity contribution in [3.8, 4) is 0 Å². The van der Waals surface area contributed by atoms with Gasteiger partial charge in [0.1, 0.15) is 6.54 Å². The molecule has 27 heavy (non-hydrogen) atoms. The number of carbonyl (C=O) groups is 2. The molecule has 0 bridgehead atoms. The molecule has 2 aromatic heterocycles. The highest BCUT2D eigenvalue weighted by Crippen LogP contribution is 2.35. The molecule has 1 aliphatic rings. The highest BCUT2D eigenvalue weighted by molar-refractivity contribution is 7.13. The van der Waals surface area contributed by atoms with Crippen molar-refractivity contribution in [1.82, 2.24) is 14.8 Å². The molecule has 0 saturated carbocycles. The monoisotopic (exact) mass is 401 g/mol. The molecule has 7 nitrogen and oxygen atoms in total. The van der Waals surface area contributed by atoms with Crippen molar-refractivity contribution in [2.24, 2.45) is 5.73 Å². The van der Waals surface area contributed by atoms with Gasteiger partial charge in [0.05, 0.1) is 12.1 Å². The summed E-state index contributed by atoms with van der Waals surface area (Å²) in [5.41, 5.74) is 5.29. The summed E-state index contributed by atoms with van der Waals surface area (Å²) in [4.78, 5) is 27.2. The van der Waals surface area contributed by atoms with Gasteiger partial charge in [-0.25, -0.2) is 4.98 Å². The Labute approximate surface area is 156 Å². The third kappa shape index (κ3) is 4.65. The first kappa shape index (κ1) is 19.3. The Bertz CT molecular complexity index is 859. The third-order valence-electron chi connectivity index (χ3n) is 4.22. The minimum atomic E-state index is -4.55. The largest absolute Gasteiger partial charge is 0.435 e. The van der Waals surface area contributed by atoms with Crippen molar-refractivity contribution < 1.29 is 22.8 Å². The van der Waals surface area contributed by atoms with E-state index in [2.05, 4.69) is 15.4 Å². The van der Waals surface area contributed by atoms with E-state index in [-0.39, 0.29) is 23.7 Å². The maximum atomic E-state index is 13.3. The maximum absolute atomic E-state index is 13.3. The second-order valence-electron chi connectivity index (χ2n) is 6.33. The molecule has 2 amide bonds. The number of rotatable bonds is 5. The van der Waals surface area contributed by atoms with Crippen LogP contribution in [0.2, 0.25) is 0 Å². The number of amides is 2. The highest BCUT2D eigenvalue weighted by Gasteiger charge is 2.39. The number of alkyl halides is 3. The van der Waals surface area contributed by atoms with Crippen molar-refractivity contribution in [2.75, 3.05) is 5.32 Å². The molecule has 3 rings (SSSR count). The van der Waals surface area contributed by atoms with Gasteiger partial charge in [0.25, 0.3) is 0 Å². The first-order valence-electron chi connectivity index (χ1n) is 8.42. The van der Waals surface area contributed by atoms with Gasteiger partial charge in [-0.1, -0.05) is 6.42 Å². The molecule has 0 spiro atoms. The van der Waals surface area contributed by atoms with Crippen LogP contribution >= 0.6 is 11.3 Å². The lowest BCUT2D eigenvalue weighted by Gasteiger charge is -2.07. The summed E-state index contributed by atoms with van der Waals surface area (Å²) in [5.74, 6) is -1.07. The first-order valence-corrected chi connectivity index (χ1v) is 9.30. The summed E-state index contributed by atoms with van der Waals surface area (Å²) < 4.78 is 41.0. The molecule has 3 N–H and O–H groups in total. The molecule has 0 unspecified atom stereocenters. The van der Waals surface area contributed by atoms with E-state index in [4.69, 9.17) is 5.73 Å². The molecule has 146 valence electrons. The van der Waals surface area contributed by atoms with Crippen molar-refractivity contribution in [1.29, 1.82) is 0 Å². The molecule has 2 aromatic rings. The number of hydrogen-bond acceptors (Lipinski definition) is 5. The number of nitrogens with two attached hydrogens (primary N) is 1. The van der Waals surface area contributed by atoms with E-state index in [1.54, 1.807) is 5.38 Å². The Kier molecular flexibility index (Phi) is 5.49. The minimum Gasteiger partial charge on any atom is -0.369 e. The molecule has 11 heteroatoms. The Morgan fingerprint density at radius 3 is 2.70 bits per heavy atom. The van der Waals surface area contributed by atoms with Gasteiger partial charge in [-0.3, -0.25) is 14.3 Å². The molecule has 0 fully saturated rings. The van der Waals surface area contributed by atoms with E-state index in [1.807, 2.05) is 0 Å². The SMILES string of the molecule is NC(=O)Cc1csc(NC(=O)Cn2nc(C(F)(F)F)c3c2CCCCC3)n1. The molecule has 2 heterocycles. The zero-order valence-electron chi connectivity index (χ0n) is 14.3. The van der Waals surface area contributed by atoms with Crippen LogP contribution in [0.1, 0.15) is 41.9 Å².